The van der Waals surface area contributed by atoms with Crippen LogP contribution >= 0.6 is 11.6 Å². The first-order valence-corrected chi connectivity index (χ1v) is 7.20. The van der Waals surface area contributed by atoms with Gasteiger partial charge in [0.05, 0.1) is 10.6 Å². The summed E-state index contributed by atoms with van der Waals surface area (Å²) in [6, 6.07) is 1.89. The van der Waals surface area contributed by atoms with E-state index in [0.29, 0.717) is 16.4 Å². The van der Waals surface area contributed by atoms with E-state index in [1.54, 1.807) is 6.07 Å². The fraction of sp³-hybridized carbons (Fsp3) is 0.571. The van der Waals surface area contributed by atoms with E-state index in [9.17, 15) is 4.79 Å². The maximum atomic E-state index is 12.2. The third-order valence-electron chi connectivity index (χ3n) is 2.98. The molecule has 1 rings (SSSR count). The van der Waals surface area contributed by atoms with Gasteiger partial charge in [-0.25, -0.2) is 4.98 Å². The topological polar surface area (TPSA) is 54.0 Å². The summed E-state index contributed by atoms with van der Waals surface area (Å²) in [7, 11) is 0. The molecule has 0 bridgehead atoms. The molecule has 0 fully saturated rings. The van der Waals surface area contributed by atoms with Crippen LogP contribution in [0.3, 0.4) is 0 Å². The molecule has 0 spiro atoms. The van der Waals surface area contributed by atoms with Crippen molar-refractivity contribution in [1.29, 1.82) is 0 Å². The third kappa shape index (κ3) is 4.71. The molecule has 0 aliphatic rings. The van der Waals surface area contributed by atoms with Gasteiger partial charge in [0.25, 0.3) is 5.91 Å². The number of carbonyl (C=O) groups excluding carboxylic acids is 1. The van der Waals surface area contributed by atoms with Gasteiger partial charge in [-0.15, -0.1) is 0 Å². The number of hydrogen-bond donors (Lipinski definition) is 2. The van der Waals surface area contributed by atoms with Crippen LogP contribution in [0.4, 0.5) is 5.82 Å². The monoisotopic (exact) mass is 283 g/mol. The Labute approximate surface area is 120 Å². The zero-order chi connectivity index (χ0) is 14.3. The highest BCUT2D eigenvalue weighted by Gasteiger charge is 2.14. The van der Waals surface area contributed by atoms with Crippen LogP contribution in [0.25, 0.3) is 0 Å². The Morgan fingerprint density at radius 3 is 2.63 bits per heavy atom. The molecule has 0 unspecified atom stereocenters. The van der Waals surface area contributed by atoms with Crippen molar-refractivity contribution in [3.63, 3.8) is 0 Å². The standard InChI is InChI=1S/C14H22ClN3O/c1-4-7-16-13-8-11(12(15)9-17-13)14(19)18-10(5-2)6-3/h8-10H,4-7H2,1-3H3,(H,16,17)(H,18,19). The van der Waals surface area contributed by atoms with Crippen molar-refractivity contribution in [2.75, 3.05) is 11.9 Å². The second-order valence-electron chi connectivity index (χ2n) is 4.46. The number of anilines is 1. The molecule has 1 aromatic rings. The second-order valence-corrected chi connectivity index (χ2v) is 4.87. The fourth-order valence-electron chi connectivity index (χ4n) is 1.72. The average Bonchev–Trinajstić information content (AvgIpc) is 2.43. The Morgan fingerprint density at radius 2 is 2.05 bits per heavy atom. The highest BCUT2D eigenvalue weighted by atomic mass is 35.5. The van der Waals surface area contributed by atoms with E-state index in [-0.39, 0.29) is 11.9 Å². The molecule has 0 saturated heterocycles. The van der Waals surface area contributed by atoms with E-state index >= 15 is 0 Å². The minimum atomic E-state index is -0.138. The van der Waals surface area contributed by atoms with Crippen LogP contribution in [-0.4, -0.2) is 23.5 Å². The van der Waals surface area contributed by atoms with Gasteiger partial charge in [-0.3, -0.25) is 4.79 Å². The third-order valence-corrected chi connectivity index (χ3v) is 3.28. The first-order valence-electron chi connectivity index (χ1n) is 6.82. The highest BCUT2D eigenvalue weighted by Crippen LogP contribution is 2.18. The van der Waals surface area contributed by atoms with Crippen LogP contribution in [-0.2, 0) is 0 Å². The van der Waals surface area contributed by atoms with Gasteiger partial charge >= 0.3 is 0 Å². The molecule has 0 aliphatic heterocycles. The molecule has 0 radical (unpaired) electrons. The number of pyridine rings is 1. The summed E-state index contributed by atoms with van der Waals surface area (Å²) in [6.07, 6.45) is 4.33. The fourth-order valence-corrected chi connectivity index (χ4v) is 1.91. The van der Waals surface area contributed by atoms with Crippen LogP contribution in [0.1, 0.15) is 50.4 Å². The molecule has 0 atom stereocenters. The van der Waals surface area contributed by atoms with Crippen molar-refractivity contribution < 1.29 is 4.79 Å². The molecule has 0 aromatic carbocycles. The lowest BCUT2D eigenvalue weighted by atomic mass is 10.1. The van der Waals surface area contributed by atoms with Crippen molar-refractivity contribution in [2.45, 2.75) is 46.1 Å². The Balaban J connectivity index is 2.82. The largest absolute Gasteiger partial charge is 0.370 e. The van der Waals surface area contributed by atoms with Gasteiger partial charge in [-0.05, 0) is 25.3 Å². The molecule has 5 heteroatoms. The van der Waals surface area contributed by atoms with E-state index < -0.39 is 0 Å². The van der Waals surface area contributed by atoms with Gasteiger partial charge in [0.15, 0.2) is 0 Å². The normalized spacial score (nSPS) is 10.6. The first-order chi connectivity index (χ1) is 9.12. The molecule has 1 amide bonds. The first kappa shape index (κ1) is 15.8. The molecule has 1 aromatic heterocycles. The average molecular weight is 284 g/mol. The summed E-state index contributed by atoms with van der Waals surface area (Å²) in [5.74, 6) is 0.543. The zero-order valence-electron chi connectivity index (χ0n) is 11.8. The molecule has 4 nitrogen and oxygen atoms in total. The number of amides is 1. The van der Waals surface area contributed by atoms with E-state index in [4.69, 9.17) is 11.6 Å². The van der Waals surface area contributed by atoms with Gasteiger partial charge < -0.3 is 10.6 Å². The lowest BCUT2D eigenvalue weighted by Gasteiger charge is -2.15. The predicted molar refractivity (Wildman–Crippen MR) is 79.9 cm³/mol. The molecular formula is C14H22ClN3O. The van der Waals surface area contributed by atoms with E-state index in [2.05, 4.69) is 36.4 Å². The SMILES string of the molecule is CCCNc1cc(C(=O)NC(CC)CC)c(Cl)cn1. The molecule has 1 heterocycles. The Bertz CT molecular complexity index is 419. The van der Waals surface area contributed by atoms with Gasteiger partial charge in [0.1, 0.15) is 5.82 Å². The van der Waals surface area contributed by atoms with Crippen molar-refractivity contribution in [1.82, 2.24) is 10.3 Å². The maximum absolute atomic E-state index is 12.2. The quantitative estimate of drug-likeness (QED) is 0.805. The molecule has 0 aliphatic carbocycles. The van der Waals surface area contributed by atoms with Crippen LogP contribution < -0.4 is 10.6 Å². The van der Waals surface area contributed by atoms with Crippen LogP contribution in [0, 0.1) is 0 Å². The number of aromatic nitrogens is 1. The van der Waals surface area contributed by atoms with Gasteiger partial charge in [0, 0.05) is 18.8 Å². The molecule has 0 saturated carbocycles. The van der Waals surface area contributed by atoms with Crippen molar-refractivity contribution >= 4 is 23.3 Å². The number of carbonyl (C=O) groups is 1. The number of rotatable bonds is 7. The van der Waals surface area contributed by atoms with Crippen LogP contribution in [0.2, 0.25) is 5.02 Å². The molecule has 2 N–H and O–H groups in total. The zero-order valence-corrected chi connectivity index (χ0v) is 12.5. The summed E-state index contributed by atoms with van der Waals surface area (Å²) in [5.41, 5.74) is 0.474. The Morgan fingerprint density at radius 1 is 1.37 bits per heavy atom. The number of nitrogens with one attached hydrogen (secondary N) is 2. The van der Waals surface area contributed by atoms with Crippen LogP contribution in [0.5, 0.6) is 0 Å². The predicted octanol–water partition coefficient (Wildman–Crippen LogP) is 3.48. The summed E-state index contributed by atoms with van der Waals surface area (Å²) in [6.45, 7) is 7.00. The van der Waals surface area contributed by atoms with Gasteiger partial charge in [-0.2, -0.15) is 0 Å². The second kappa shape index (κ2) is 8.00. The van der Waals surface area contributed by atoms with Gasteiger partial charge in [-0.1, -0.05) is 32.4 Å². The lowest BCUT2D eigenvalue weighted by Crippen LogP contribution is -2.34. The Hall–Kier alpha value is -1.29. The van der Waals surface area contributed by atoms with Crippen molar-refractivity contribution in [3.05, 3.63) is 22.8 Å². The van der Waals surface area contributed by atoms with E-state index in [0.717, 1.165) is 25.8 Å². The number of halogens is 1. The Kier molecular flexibility index (Phi) is 6.64. The number of hydrogen-bond acceptors (Lipinski definition) is 3. The van der Waals surface area contributed by atoms with Crippen molar-refractivity contribution in [2.24, 2.45) is 0 Å². The smallest absolute Gasteiger partial charge is 0.253 e. The van der Waals surface area contributed by atoms with E-state index in [1.807, 2.05) is 0 Å². The maximum Gasteiger partial charge on any atom is 0.253 e. The lowest BCUT2D eigenvalue weighted by molar-refractivity contribution is 0.0935. The van der Waals surface area contributed by atoms with Crippen LogP contribution in [0.15, 0.2) is 12.3 Å². The number of nitrogens with zero attached hydrogens (tertiary/aromatic N) is 1. The van der Waals surface area contributed by atoms with Crippen molar-refractivity contribution in [3.8, 4) is 0 Å². The summed E-state index contributed by atoms with van der Waals surface area (Å²) < 4.78 is 0. The minimum Gasteiger partial charge on any atom is -0.370 e. The summed E-state index contributed by atoms with van der Waals surface area (Å²) >= 11 is 6.04. The molecular weight excluding hydrogens is 262 g/mol. The van der Waals surface area contributed by atoms with Gasteiger partial charge in [0.2, 0.25) is 0 Å². The van der Waals surface area contributed by atoms with E-state index in [1.165, 1.54) is 6.20 Å². The molecule has 19 heavy (non-hydrogen) atoms. The molecule has 106 valence electrons. The highest BCUT2D eigenvalue weighted by molar-refractivity contribution is 6.33. The minimum absolute atomic E-state index is 0.138. The summed E-state index contributed by atoms with van der Waals surface area (Å²) in [4.78, 5) is 16.3. The summed E-state index contributed by atoms with van der Waals surface area (Å²) in [5, 5.41) is 6.51.